The Morgan fingerprint density at radius 2 is 1.86 bits per heavy atom. The first-order valence-electron chi connectivity index (χ1n) is 9.23. The lowest BCUT2D eigenvalue weighted by atomic mass is 10.2. The summed E-state index contributed by atoms with van der Waals surface area (Å²) in [5.41, 5.74) is 1.85. The second-order valence-electron chi connectivity index (χ2n) is 6.88. The van der Waals surface area contributed by atoms with Crippen LogP contribution >= 0.6 is 0 Å². The first-order chi connectivity index (χ1) is 13.5. The van der Waals surface area contributed by atoms with Crippen LogP contribution < -0.4 is 5.32 Å². The molecule has 1 aliphatic heterocycles. The van der Waals surface area contributed by atoms with Crippen LogP contribution in [0.4, 0.5) is 0 Å². The highest BCUT2D eigenvalue weighted by Crippen LogP contribution is 2.26. The molecule has 1 atom stereocenters. The number of amides is 1. The van der Waals surface area contributed by atoms with Crippen molar-refractivity contribution in [2.75, 3.05) is 6.54 Å². The van der Waals surface area contributed by atoms with Gasteiger partial charge in [0.05, 0.1) is 22.5 Å². The number of imidazole rings is 1. The van der Waals surface area contributed by atoms with Crippen molar-refractivity contribution >= 4 is 27.0 Å². The Hall–Kier alpha value is -2.71. The highest BCUT2D eigenvalue weighted by molar-refractivity contribution is 7.89. The molecule has 1 fully saturated rings. The van der Waals surface area contributed by atoms with E-state index in [0.29, 0.717) is 19.4 Å². The van der Waals surface area contributed by atoms with E-state index in [1.165, 1.54) is 4.31 Å². The topological polar surface area (TPSA) is 84.3 Å². The summed E-state index contributed by atoms with van der Waals surface area (Å²) in [5, 5.41) is 2.87. The normalized spacial score (nSPS) is 17.8. The first kappa shape index (κ1) is 18.6. The summed E-state index contributed by atoms with van der Waals surface area (Å²) in [6.45, 7) is 0.599. The average molecular weight is 398 g/mol. The van der Waals surface area contributed by atoms with Crippen LogP contribution in [-0.2, 0) is 28.4 Å². The second kappa shape index (κ2) is 7.37. The van der Waals surface area contributed by atoms with Crippen molar-refractivity contribution in [3.8, 4) is 0 Å². The number of benzene rings is 2. The van der Waals surface area contributed by atoms with E-state index in [9.17, 15) is 13.2 Å². The van der Waals surface area contributed by atoms with Crippen molar-refractivity contribution in [2.45, 2.75) is 30.3 Å². The van der Waals surface area contributed by atoms with E-state index in [2.05, 4.69) is 10.3 Å². The van der Waals surface area contributed by atoms with E-state index in [0.717, 1.165) is 16.9 Å². The van der Waals surface area contributed by atoms with E-state index < -0.39 is 16.1 Å². The predicted octanol–water partition coefficient (Wildman–Crippen LogP) is 2.04. The van der Waals surface area contributed by atoms with E-state index in [1.807, 2.05) is 35.9 Å². The smallest absolute Gasteiger partial charge is 0.243 e. The van der Waals surface area contributed by atoms with Crippen LogP contribution in [-0.4, -0.2) is 40.8 Å². The zero-order valence-electron chi connectivity index (χ0n) is 15.6. The molecule has 1 amide bonds. The standard InChI is InChI=1S/C20H22N4O3S/c1-23-17-11-6-5-10-16(17)22-19(23)14-21-20(25)18-12-7-13-24(18)28(26,27)15-8-3-2-4-9-15/h2-6,8-11,18H,7,12-14H2,1H3,(H,21,25). The number of aromatic nitrogens is 2. The van der Waals surface area contributed by atoms with Gasteiger partial charge in [-0.3, -0.25) is 4.79 Å². The van der Waals surface area contributed by atoms with Crippen LogP contribution in [0.3, 0.4) is 0 Å². The Kier molecular flexibility index (Phi) is 4.91. The lowest BCUT2D eigenvalue weighted by molar-refractivity contribution is -0.124. The fourth-order valence-corrected chi connectivity index (χ4v) is 5.33. The van der Waals surface area contributed by atoms with Gasteiger partial charge < -0.3 is 9.88 Å². The van der Waals surface area contributed by atoms with Gasteiger partial charge in [0, 0.05) is 13.6 Å². The summed E-state index contributed by atoms with van der Waals surface area (Å²) in [4.78, 5) is 17.5. The number of aryl methyl sites for hydroxylation is 1. The second-order valence-corrected chi connectivity index (χ2v) is 8.77. The maximum absolute atomic E-state index is 12.9. The summed E-state index contributed by atoms with van der Waals surface area (Å²) >= 11 is 0. The Morgan fingerprint density at radius 3 is 2.61 bits per heavy atom. The van der Waals surface area contributed by atoms with E-state index >= 15 is 0 Å². The predicted molar refractivity (Wildman–Crippen MR) is 106 cm³/mol. The zero-order chi connectivity index (χ0) is 19.7. The van der Waals surface area contributed by atoms with Gasteiger partial charge in [-0.15, -0.1) is 0 Å². The van der Waals surface area contributed by atoms with Crippen LogP contribution in [0.25, 0.3) is 11.0 Å². The van der Waals surface area contributed by atoms with Crippen LogP contribution in [0.5, 0.6) is 0 Å². The first-order valence-corrected chi connectivity index (χ1v) is 10.7. The molecule has 7 nitrogen and oxygen atoms in total. The molecule has 2 heterocycles. The third-order valence-corrected chi connectivity index (χ3v) is 7.08. The van der Waals surface area contributed by atoms with Gasteiger partial charge in [0.2, 0.25) is 15.9 Å². The third kappa shape index (κ3) is 3.29. The quantitative estimate of drug-likeness (QED) is 0.713. The summed E-state index contributed by atoms with van der Waals surface area (Å²) in [5.74, 6) is 0.439. The molecule has 0 bridgehead atoms. The van der Waals surface area contributed by atoms with Gasteiger partial charge in [-0.25, -0.2) is 13.4 Å². The Morgan fingerprint density at radius 1 is 1.14 bits per heavy atom. The number of para-hydroxylation sites is 2. The molecule has 3 aromatic rings. The van der Waals surface area contributed by atoms with Gasteiger partial charge in [-0.05, 0) is 37.1 Å². The number of nitrogens with one attached hydrogen (secondary N) is 1. The molecule has 0 aliphatic carbocycles. The molecule has 2 aromatic carbocycles. The average Bonchev–Trinajstić information content (AvgIpc) is 3.33. The largest absolute Gasteiger partial charge is 0.347 e. The lowest BCUT2D eigenvalue weighted by Gasteiger charge is -2.23. The molecule has 0 saturated carbocycles. The van der Waals surface area contributed by atoms with Gasteiger partial charge in [-0.2, -0.15) is 4.31 Å². The van der Waals surface area contributed by atoms with E-state index in [-0.39, 0.29) is 17.3 Å². The molecule has 28 heavy (non-hydrogen) atoms. The molecule has 146 valence electrons. The fourth-order valence-electron chi connectivity index (χ4n) is 3.66. The van der Waals surface area contributed by atoms with Crippen LogP contribution in [0, 0.1) is 0 Å². The van der Waals surface area contributed by atoms with Crippen molar-refractivity contribution in [3.63, 3.8) is 0 Å². The number of carbonyl (C=O) groups excluding carboxylic acids is 1. The summed E-state index contributed by atoms with van der Waals surface area (Å²) in [6.07, 6.45) is 1.18. The molecule has 1 unspecified atom stereocenters. The van der Waals surface area contributed by atoms with E-state index in [1.54, 1.807) is 30.3 Å². The fraction of sp³-hybridized carbons (Fsp3) is 0.300. The maximum Gasteiger partial charge on any atom is 0.243 e. The third-order valence-electron chi connectivity index (χ3n) is 5.16. The van der Waals surface area contributed by atoms with Crippen molar-refractivity contribution in [2.24, 2.45) is 7.05 Å². The van der Waals surface area contributed by atoms with Crippen LogP contribution in [0.2, 0.25) is 0 Å². The van der Waals surface area contributed by atoms with Gasteiger partial charge in [-0.1, -0.05) is 30.3 Å². The van der Waals surface area contributed by atoms with Crippen LogP contribution in [0.15, 0.2) is 59.5 Å². The number of sulfonamides is 1. The monoisotopic (exact) mass is 398 g/mol. The Bertz CT molecular complexity index is 1110. The molecule has 0 spiro atoms. The minimum atomic E-state index is -3.69. The number of hydrogen-bond acceptors (Lipinski definition) is 4. The Labute approximate surface area is 164 Å². The van der Waals surface area contributed by atoms with Gasteiger partial charge in [0.15, 0.2) is 0 Å². The molecule has 1 aromatic heterocycles. The summed E-state index contributed by atoms with van der Waals surface area (Å²) < 4.78 is 29.1. The lowest BCUT2D eigenvalue weighted by Crippen LogP contribution is -2.45. The zero-order valence-corrected chi connectivity index (χ0v) is 16.4. The summed E-state index contributed by atoms with van der Waals surface area (Å²) in [7, 11) is -1.79. The number of nitrogens with zero attached hydrogens (tertiary/aromatic N) is 3. The molecular formula is C20H22N4O3S. The van der Waals surface area contributed by atoms with Gasteiger partial charge >= 0.3 is 0 Å². The van der Waals surface area contributed by atoms with Gasteiger partial charge in [0.1, 0.15) is 11.9 Å². The molecule has 8 heteroatoms. The number of hydrogen-bond donors (Lipinski definition) is 1. The minimum Gasteiger partial charge on any atom is -0.347 e. The molecule has 1 saturated heterocycles. The van der Waals surface area contributed by atoms with Crippen LogP contribution in [0.1, 0.15) is 18.7 Å². The van der Waals surface area contributed by atoms with E-state index in [4.69, 9.17) is 0 Å². The molecule has 1 N–H and O–H groups in total. The maximum atomic E-state index is 12.9. The highest BCUT2D eigenvalue weighted by Gasteiger charge is 2.39. The SMILES string of the molecule is Cn1c(CNC(=O)C2CCCN2S(=O)(=O)c2ccccc2)nc2ccccc21. The molecule has 0 radical (unpaired) electrons. The van der Waals surface area contributed by atoms with Crippen molar-refractivity contribution in [1.82, 2.24) is 19.2 Å². The van der Waals surface area contributed by atoms with Crippen molar-refractivity contribution < 1.29 is 13.2 Å². The molecule has 4 rings (SSSR count). The Balaban J connectivity index is 1.50. The number of fused-ring (bicyclic) bond motifs is 1. The van der Waals surface area contributed by atoms with Crippen molar-refractivity contribution in [3.05, 3.63) is 60.4 Å². The van der Waals surface area contributed by atoms with Crippen molar-refractivity contribution in [1.29, 1.82) is 0 Å². The number of rotatable bonds is 5. The highest BCUT2D eigenvalue weighted by atomic mass is 32.2. The molecular weight excluding hydrogens is 376 g/mol. The molecule has 1 aliphatic rings. The minimum absolute atomic E-state index is 0.213. The van der Waals surface area contributed by atoms with Gasteiger partial charge in [0.25, 0.3) is 0 Å². The summed E-state index contributed by atoms with van der Waals surface area (Å²) in [6, 6.07) is 15.3. The number of carbonyl (C=O) groups is 1.